The van der Waals surface area contributed by atoms with Crippen molar-refractivity contribution < 1.29 is 13.2 Å². The van der Waals surface area contributed by atoms with Crippen LogP contribution in [0.2, 0.25) is 0 Å². The molecule has 0 radical (unpaired) electrons. The molecule has 0 saturated heterocycles. The van der Waals surface area contributed by atoms with Crippen molar-refractivity contribution in [2.75, 3.05) is 7.05 Å². The van der Waals surface area contributed by atoms with Crippen molar-refractivity contribution in [3.63, 3.8) is 0 Å². The predicted molar refractivity (Wildman–Crippen MR) is 67.4 cm³/mol. The minimum atomic E-state index is -4.35. The standard InChI is InChI=1S/C14H13F3N2/c1-18-8-10-2-4-11(5-3-10)13-7-6-12(9-19-13)14(15,16)17/h2-7,9,18H,8H2,1H3. The SMILES string of the molecule is CNCc1ccc(-c2ccc(C(F)(F)F)cn2)cc1. The highest BCUT2D eigenvalue weighted by Crippen LogP contribution is 2.29. The first kappa shape index (κ1) is 13.5. The third-order valence-corrected chi connectivity index (χ3v) is 2.72. The van der Waals surface area contributed by atoms with Crippen LogP contribution < -0.4 is 5.32 Å². The number of halogens is 3. The molecule has 1 heterocycles. The zero-order valence-corrected chi connectivity index (χ0v) is 10.3. The van der Waals surface area contributed by atoms with Gasteiger partial charge in [0.1, 0.15) is 0 Å². The van der Waals surface area contributed by atoms with Gasteiger partial charge in [0.2, 0.25) is 0 Å². The Morgan fingerprint density at radius 1 is 1.05 bits per heavy atom. The average molecular weight is 266 g/mol. The summed E-state index contributed by atoms with van der Waals surface area (Å²) in [7, 11) is 1.85. The van der Waals surface area contributed by atoms with Gasteiger partial charge in [-0.2, -0.15) is 13.2 Å². The molecular formula is C14H13F3N2. The molecule has 0 saturated carbocycles. The average Bonchev–Trinajstić information content (AvgIpc) is 2.39. The van der Waals surface area contributed by atoms with Crippen LogP contribution in [0.25, 0.3) is 11.3 Å². The Morgan fingerprint density at radius 3 is 2.21 bits per heavy atom. The number of hydrogen-bond acceptors (Lipinski definition) is 2. The maximum Gasteiger partial charge on any atom is 0.417 e. The first-order valence-electron chi connectivity index (χ1n) is 5.78. The number of pyridine rings is 1. The molecule has 2 nitrogen and oxygen atoms in total. The number of hydrogen-bond donors (Lipinski definition) is 1. The minimum Gasteiger partial charge on any atom is -0.316 e. The van der Waals surface area contributed by atoms with Crippen LogP contribution in [0.3, 0.4) is 0 Å². The molecule has 0 aliphatic rings. The maximum absolute atomic E-state index is 12.4. The molecule has 5 heteroatoms. The van der Waals surface area contributed by atoms with E-state index in [4.69, 9.17) is 0 Å². The maximum atomic E-state index is 12.4. The fourth-order valence-electron chi connectivity index (χ4n) is 1.73. The highest BCUT2D eigenvalue weighted by atomic mass is 19.4. The smallest absolute Gasteiger partial charge is 0.316 e. The molecule has 19 heavy (non-hydrogen) atoms. The quantitative estimate of drug-likeness (QED) is 0.919. The number of alkyl halides is 3. The molecule has 0 fully saturated rings. The Morgan fingerprint density at radius 2 is 1.74 bits per heavy atom. The summed E-state index contributed by atoms with van der Waals surface area (Å²) in [5, 5.41) is 3.03. The molecule has 0 unspecified atom stereocenters. The van der Waals surface area contributed by atoms with Gasteiger partial charge in [0, 0.05) is 18.3 Å². The lowest BCUT2D eigenvalue weighted by atomic mass is 10.1. The number of rotatable bonds is 3. The lowest BCUT2D eigenvalue weighted by molar-refractivity contribution is -0.137. The first-order chi connectivity index (χ1) is 9.00. The van der Waals surface area contributed by atoms with Gasteiger partial charge >= 0.3 is 6.18 Å². The van der Waals surface area contributed by atoms with Crippen LogP contribution in [0.5, 0.6) is 0 Å². The van der Waals surface area contributed by atoms with E-state index in [0.717, 1.165) is 29.9 Å². The van der Waals surface area contributed by atoms with E-state index in [9.17, 15) is 13.2 Å². The molecule has 0 bridgehead atoms. The molecule has 0 spiro atoms. The molecule has 0 atom stereocenters. The Bertz CT molecular complexity index is 530. The largest absolute Gasteiger partial charge is 0.417 e. The molecule has 100 valence electrons. The number of aromatic nitrogens is 1. The molecule has 0 aliphatic heterocycles. The second-order valence-corrected chi connectivity index (χ2v) is 4.16. The molecule has 0 amide bonds. The zero-order valence-electron chi connectivity index (χ0n) is 10.3. The fraction of sp³-hybridized carbons (Fsp3) is 0.214. The Kier molecular flexibility index (Phi) is 3.85. The van der Waals surface area contributed by atoms with E-state index in [0.29, 0.717) is 5.69 Å². The van der Waals surface area contributed by atoms with Gasteiger partial charge in [0.25, 0.3) is 0 Å². The highest BCUT2D eigenvalue weighted by Gasteiger charge is 2.30. The minimum absolute atomic E-state index is 0.531. The third-order valence-electron chi connectivity index (χ3n) is 2.72. The van der Waals surface area contributed by atoms with Gasteiger partial charge in [-0.1, -0.05) is 24.3 Å². The summed E-state index contributed by atoms with van der Waals surface area (Å²) in [6.07, 6.45) is -3.49. The van der Waals surface area contributed by atoms with Crippen molar-refractivity contribution in [3.05, 3.63) is 53.7 Å². The van der Waals surface area contributed by atoms with E-state index < -0.39 is 11.7 Å². The van der Waals surface area contributed by atoms with Crippen LogP contribution in [0.4, 0.5) is 13.2 Å². The van der Waals surface area contributed by atoms with Crippen molar-refractivity contribution in [1.29, 1.82) is 0 Å². The number of benzene rings is 1. The lowest BCUT2D eigenvalue weighted by Gasteiger charge is -2.07. The Labute approximate surface area is 109 Å². The van der Waals surface area contributed by atoms with Gasteiger partial charge in [-0.25, -0.2) is 0 Å². The topological polar surface area (TPSA) is 24.9 Å². The van der Waals surface area contributed by atoms with Crippen molar-refractivity contribution in [1.82, 2.24) is 10.3 Å². The van der Waals surface area contributed by atoms with E-state index >= 15 is 0 Å². The summed E-state index contributed by atoms with van der Waals surface area (Å²) in [5.41, 5.74) is 1.71. The first-order valence-corrected chi connectivity index (χ1v) is 5.78. The molecule has 1 aromatic carbocycles. The van der Waals surface area contributed by atoms with Gasteiger partial charge in [-0.15, -0.1) is 0 Å². The summed E-state index contributed by atoms with van der Waals surface area (Å²) in [5.74, 6) is 0. The van der Waals surface area contributed by atoms with Crippen molar-refractivity contribution in [2.45, 2.75) is 12.7 Å². The summed E-state index contributed by atoms with van der Waals surface area (Å²) in [6, 6.07) is 9.97. The molecule has 1 N–H and O–H groups in total. The second kappa shape index (κ2) is 5.40. The number of nitrogens with zero attached hydrogens (tertiary/aromatic N) is 1. The van der Waals surface area contributed by atoms with Gasteiger partial charge in [-0.05, 0) is 24.7 Å². The summed E-state index contributed by atoms with van der Waals surface area (Å²) in [6.45, 7) is 0.751. The molecular weight excluding hydrogens is 253 g/mol. The Balaban J connectivity index is 2.22. The van der Waals surface area contributed by atoms with Crippen LogP contribution in [-0.2, 0) is 12.7 Å². The van der Waals surface area contributed by atoms with Crippen molar-refractivity contribution in [3.8, 4) is 11.3 Å². The van der Waals surface area contributed by atoms with Gasteiger partial charge in [0.05, 0.1) is 11.3 Å². The highest BCUT2D eigenvalue weighted by molar-refractivity contribution is 5.59. The van der Waals surface area contributed by atoms with Crippen LogP contribution in [0, 0.1) is 0 Å². The van der Waals surface area contributed by atoms with Gasteiger partial charge in [-0.3, -0.25) is 4.98 Å². The zero-order chi connectivity index (χ0) is 13.9. The summed E-state index contributed by atoms with van der Waals surface area (Å²) in [4.78, 5) is 3.86. The van der Waals surface area contributed by atoms with Gasteiger partial charge in [0.15, 0.2) is 0 Å². The van der Waals surface area contributed by atoms with Crippen LogP contribution in [0.1, 0.15) is 11.1 Å². The van der Waals surface area contributed by atoms with Crippen LogP contribution in [0.15, 0.2) is 42.6 Å². The van der Waals surface area contributed by atoms with E-state index in [1.54, 1.807) is 0 Å². The monoisotopic (exact) mass is 266 g/mol. The number of nitrogens with one attached hydrogen (secondary N) is 1. The summed E-state index contributed by atoms with van der Waals surface area (Å²) >= 11 is 0. The molecule has 2 rings (SSSR count). The van der Waals surface area contributed by atoms with Crippen LogP contribution in [-0.4, -0.2) is 12.0 Å². The van der Waals surface area contributed by atoms with E-state index in [1.807, 2.05) is 31.3 Å². The normalized spacial score (nSPS) is 11.6. The van der Waals surface area contributed by atoms with Crippen molar-refractivity contribution >= 4 is 0 Å². The Hall–Kier alpha value is -1.88. The van der Waals surface area contributed by atoms with E-state index in [-0.39, 0.29) is 0 Å². The lowest BCUT2D eigenvalue weighted by Crippen LogP contribution is -2.05. The van der Waals surface area contributed by atoms with Crippen molar-refractivity contribution in [2.24, 2.45) is 0 Å². The molecule has 2 aromatic rings. The fourth-order valence-corrected chi connectivity index (χ4v) is 1.73. The molecule has 1 aromatic heterocycles. The van der Waals surface area contributed by atoms with Gasteiger partial charge < -0.3 is 5.32 Å². The third kappa shape index (κ3) is 3.32. The van der Waals surface area contributed by atoms with E-state index in [2.05, 4.69) is 10.3 Å². The van der Waals surface area contributed by atoms with E-state index in [1.165, 1.54) is 6.07 Å². The second-order valence-electron chi connectivity index (χ2n) is 4.16. The summed E-state index contributed by atoms with van der Waals surface area (Å²) < 4.78 is 37.2. The van der Waals surface area contributed by atoms with Crippen LogP contribution >= 0.6 is 0 Å². The predicted octanol–water partition coefficient (Wildman–Crippen LogP) is 3.49. The molecule has 0 aliphatic carbocycles.